The Hall–Kier alpha value is -4.53. The quantitative estimate of drug-likeness (QED) is 0.212. The van der Waals surface area contributed by atoms with Gasteiger partial charge in [0, 0.05) is 35.5 Å². The minimum absolute atomic E-state index is 0.0217. The Balaban J connectivity index is 1.87. The lowest BCUT2D eigenvalue weighted by atomic mass is 9.86. The van der Waals surface area contributed by atoms with E-state index in [0.717, 1.165) is 12.1 Å². The lowest BCUT2D eigenvalue weighted by Crippen LogP contribution is -2.22. The zero-order valence-electron chi connectivity index (χ0n) is 16.3. The van der Waals surface area contributed by atoms with E-state index in [0.29, 0.717) is 11.1 Å². The number of carbonyl (C=O) groups is 1. The Morgan fingerprint density at radius 2 is 1.78 bits per heavy atom. The van der Waals surface area contributed by atoms with Crippen LogP contribution in [-0.4, -0.2) is 31.4 Å². The van der Waals surface area contributed by atoms with Crippen molar-refractivity contribution in [1.82, 2.24) is 4.98 Å². The maximum atomic E-state index is 13.0. The summed E-state index contributed by atoms with van der Waals surface area (Å²) in [5.74, 6) is -3.57. The highest BCUT2D eigenvalue weighted by atomic mass is 16.5. The number of aromatic nitrogens is 1. The van der Waals surface area contributed by atoms with Crippen LogP contribution >= 0.6 is 0 Å². The fourth-order valence-corrected chi connectivity index (χ4v) is 3.91. The predicted octanol–water partition coefficient (Wildman–Crippen LogP) is 3.12. The van der Waals surface area contributed by atoms with Crippen molar-refractivity contribution >= 4 is 16.9 Å². The van der Waals surface area contributed by atoms with E-state index in [2.05, 4.69) is 4.98 Å². The molecule has 0 fully saturated rings. The molecule has 0 saturated carbocycles. The second-order valence-corrected chi connectivity index (χ2v) is 7.34. The Labute approximate surface area is 179 Å². The first-order chi connectivity index (χ1) is 15.3. The molecule has 0 aliphatic carbocycles. The number of pyridine rings is 1. The van der Waals surface area contributed by atoms with Gasteiger partial charge in [0.15, 0.2) is 17.3 Å². The van der Waals surface area contributed by atoms with E-state index >= 15 is 0 Å². The van der Waals surface area contributed by atoms with Crippen molar-refractivity contribution in [2.75, 3.05) is 0 Å². The fraction of sp³-hybridized carbons (Fsp3) is 0.0870. The Morgan fingerprint density at radius 3 is 2.50 bits per heavy atom. The molecule has 0 bridgehead atoms. The molecule has 4 aromatic rings. The van der Waals surface area contributed by atoms with Crippen molar-refractivity contribution < 1.29 is 34.4 Å². The van der Waals surface area contributed by atoms with Crippen LogP contribution in [0.2, 0.25) is 0 Å². The van der Waals surface area contributed by atoms with Gasteiger partial charge in [0.05, 0.1) is 6.42 Å². The third-order valence-electron chi connectivity index (χ3n) is 5.39. The standard InChI is InChI=1S/C23H15NO8/c25-13-4-3-10(6-14(13)26)22-21(30)20(29)19-15(27)8-16-18(23(19)32-22)12(7-17(28)31-16)11-2-1-5-24-9-11/h1-6,8-9,12,25-27,30H,7H2/t12-/m0/s1. The summed E-state index contributed by atoms with van der Waals surface area (Å²) in [7, 11) is 0. The molecule has 0 unspecified atom stereocenters. The molecule has 9 nitrogen and oxygen atoms in total. The van der Waals surface area contributed by atoms with Gasteiger partial charge in [-0.2, -0.15) is 0 Å². The van der Waals surface area contributed by atoms with Gasteiger partial charge in [0.1, 0.15) is 22.5 Å². The van der Waals surface area contributed by atoms with Crippen LogP contribution in [0.25, 0.3) is 22.3 Å². The number of fused-ring (bicyclic) bond motifs is 3. The summed E-state index contributed by atoms with van der Waals surface area (Å²) in [5.41, 5.74) is 0.131. The molecule has 1 aliphatic rings. The molecular formula is C23H15NO8. The van der Waals surface area contributed by atoms with Gasteiger partial charge in [0.2, 0.25) is 11.2 Å². The molecule has 4 N–H and O–H groups in total. The van der Waals surface area contributed by atoms with E-state index in [1.165, 1.54) is 12.1 Å². The molecule has 9 heteroatoms. The third kappa shape index (κ3) is 2.90. The number of hydrogen-bond donors (Lipinski definition) is 4. The number of phenolic OH excluding ortho intramolecular Hbond substituents is 3. The summed E-state index contributed by atoms with van der Waals surface area (Å²) in [4.78, 5) is 29.3. The first-order valence-corrected chi connectivity index (χ1v) is 9.53. The number of aromatic hydroxyl groups is 4. The number of phenols is 3. The number of rotatable bonds is 2. The Bertz CT molecular complexity index is 1460. The van der Waals surface area contributed by atoms with Crippen molar-refractivity contribution in [1.29, 1.82) is 0 Å². The molecule has 0 saturated heterocycles. The normalized spacial score (nSPS) is 15.4. The molecule has 1 aliphatic heterocycles. The van der Waals surface area contributed by atoms with E-state index in [9.17, 15) is 30.0 Å². The van der Waals surface area contributed by atoms with Gasteiger partial charge in [-0.15, -0.1) is 0 Å². The number of nitrogens with zero attached hydrogens (tertiary/aromatic N) is 1. The third-order valence-corrected chi connectivity index (χ3v) is 5.39. The highest BCUT2D eigenvalue weighted by molar-refractivity contribution is 5.94. The molecule has 5 rings (SSSR count). The van der Waals surface area contributed by atoms with Gasteiger partial charge in [0.25, 0.3) is 0 Å². The molecule has 2 aromatic heterocycles. The maximum absolute atomic E-state index is 13.0. The van der Waals surface area contributed by atoms with E-state index < -0.39 is 40.3 Å². The summed E-state index contributed by atoms with van der Waals surface area (Å²) in [6, 6.07) is 8.23. The zero-order valence-corrected chi connectivity index (χ0v) is 16.3. The van der Waals surface area contributed by atoms with Crippen molar-refractivity contribution in [3.05, 3.63) is 70.1 Å². The molecule has 3 heterocycles. The number of hydrogen-bond acceptors (Lipinski definition) is 9. The van der Waals surface area contributed by atoms with Gasteiger partial charge in [-0.05, 0) is 29.8 Å². The molecule has 0 radical (unpaired) electrons. The molecule has 0 amide bonds. The molecule has 160 valence electrons. The summed E-state index contributed by atoms with van der Waals surface area (Å²) in [6.45, 7) is 0. The van der Waals surface area contributed by atoms with Crippen LogP contribution in [0.5, 0.6) is 28.7 Å². The monoisotopic (exact) mass is 433 g/mol. The van der Waals surface area contributed by atoms with Crippen LogP contribution in [-0.2, 0) is 4.79 Å². The zero-order chi connectivity index (χ0) is 22.6. The van der Waals surface area contributed by atoms with Crippen LogP contribution in [0, 0.1) is 0 Å². The van der Waals surface area contributed by atoms with Gasteiger partial charge in [-0.1, -0.05) is 6.07 Å². The fourth-order valence-electron chi connectivity index (χ4n) is 3.91. The summed E-state index contributed by atoms with van der Waals surface area (Å²) >= 11 is 0. The van der Waals surface area contributed by atoms with Crippen LogP contribution in [0.3, 0.4) is 0 Å². The van der Waals surface area contributed by atoms with Crippen LogP contribution in [0.15, 0.2) is 58.0 Å². The van der Waals surface area contributed by atoms with Crippen molar-refractivity contribution in [2.24, 2.45) is 0 Å². The number of benzene rings is 2. The minimum Gasteiger partial charge on any atom is -0.507 e. The average molecular weight is 433 g/mol. The number of esters is 1. The van der Waals surface area contributed by atoms with Gasteiger partial charge < -0.3 is 29.6 Å². The van der Waals surface area contributed by atoms with Crippen molar-refractivity contribution in [3.8, 4) is 40.1 Å². The van der Waals surface area contributed by atoms with Crippen LogP contribution in [0.1, 0.15) is 23.5 Å². The second-order valence-electron chi connectivity index (χ2n) is 7.34. The minimum atomic E-state index is -0.907. The van der Waals surface area contributed by atoms with Crippen molar-refractivity contribution in [3.63, 3.8) is 0 Å². The largest absolute Gasteiger partial charge is 0.507 e. The highest BCUT2D eigenvalue weighted by Gasteiger charge is 2.34. The Morgan fingerprint density at radius 1 is 0.969 bits per heavy atom. The SMILES string of the molecule is O=C1C[C@@H](c2cccnc2)c2c(cc(O)c3c(=O)c(O)c(-c4ccc(O)c(O)c4)oc23)O1. The van der Waals surface area contributed by atoms with Crippen LogP contribution < -0.4 is 10.2 Å². The average Bonchev–Trinajstić information content (AvgIpc) is 2.77. The summed E-state index contributed by atoms with van der Waals surface area (Å²) < 4.78 is 11.2. The summed E-state index contributed by atoms with van der Waals surface area (Å²) in [6.07, 6.45) is 3.09. The maximum Gasteiger partial charge on any atom is 0.312 e. The lowest BCUT2D eigenvalue weighted by molar-refractivity contribution is -0.135. The van der Waals surface area contributed by atoms with Gasteiger partial charge in [-0.25, -0.2) is 0 Å². The van der Waals surface area contributed by atoms with E-state index in [-0.39, 0.29) is 34.5 Å². The first-order valence-electron chi connectivity index (χ1n) is 9.53. The van der Waals surface area contributed by atoms with Crippen LogP contribution in [0.4, 0.5) is 0 Å². The molecule has 2 aromatic carbocycles. The first kappa shape index (κ1) is 19.4. The molecule has 0 spiro atoms. The molecule has 1 atom stereocenters. The number of carbonyl (C=O) groups excluding carboxylic acids is 1. The summed E-state index contributed by atoms with van der Waals surface area (Å²) in [5, 5.41) is 40.1. The molecular weight excluding hydrogens is 418 g/mol. The Kier molecular flexibility index (Phi) is 4.26. The van der Waals surface area contributed by atoms with Gasteiger partial charge >= 0.3 is 5.97 Å². The van der Waals surface area contributed by atoms with E-state index in [1.807, 2.05) is 0 Å². The predicted molar refractivity (Wildman–Crippen MR) is 111 cm³/mol. The topological polar surface area (TPSA) is 150 Å². The van der Waals surface area contributed by atoms with E-state index in [1.54, 1.807) is 24.5 Å². The highest BCUT2D eigenvalue weighted by Crippen LogP contribution is 2.47. The molecule has 32 heavy (non-hydrogen) atoms. The second kappa shape index (κ2) is 7.02. The van der Waals surface area contributed by atoms with Gasteiger partial charge in [-0.3, -0.25) is 14.6 Å². The smallest absolute Gasteiger partial charge is 0.312 e. The van der Waals surface area contributed by atoms with Crippen molar-refractivity contribution in [2.45, 2.75) is 12.3 Å². The number of ether oxygens (including phenoxy) is 1. The van der Waals surface area contributed by atoms with E-state index in [4.69, 9.17) is 9.15 Å². The lowest BCUT2D eigenvalue weighted by Gasteiger charge is -2.25.